The van der Waals surface area contributed by atoms with Crippen LogP contribution in [0.4, 0.5) is 13.2 Å². The van der Waals surface area contributed by atoms with Crippen molar-refractivity contribution in [2.75, 3.05) is 0 Å². The standard InChI is InChI=1S/C20H31F3/c1-2-3-4-5-6-7-8-9-10-11-12-13-14-15-16-17-18-19-20(21,22)23/h6-7,9-10,12-13,15-16H,2-5,8,11,14,17-19H2,1H3/b7-6-,10-9-,13-12-,16-15-. The summed E-state index contributed by atoms with van der Waals surface area (Å²) in [4.78, 5) is 0. The maximum absolute atomic E-state index is 11.9. The van der Waals surface area contributed by atoms with E-state index in [-0.39, 0.29) is 6.42 Å². The summed E-state index contributed by atoms with van der Waals surface area (Å²) >= 11 is 0. The molecule has 0 aromatic heterocycles. The van der Waals surface area contributed by atoms with Crippen LogP contribution in [-0.4, -0.2) is 6.18 Å². The van der Waals surface area contributed by atoms with E-state index in [1.807, 2.05) is 18.2 Å². The van der Waals surface area contributed by atoms with Crippen LogP contribution in [0, 0.1) is 0 Å². The molecule has 0 aromatic rings. The van der Waals surface area contributed by atoms with Crippen molar-refractivity contribution in [1.29, 1.82) is 0 Å². The van der Waals surface area contributed by atoms with Crippen LogP contribution in [0.3, 0.4) is 0 Å². The maximum atomic E-state index is 11.9. The zero-order chi connectivity index (χ0) is 17.2. The molecule has 0 heterocycles. The lowest BCUT2D eigenvalue weighted by Crippen LogP contribution is -2.05. The molecule has 0 N–H and O–H groups in total. The van der Waals surface area contributed by atoms with E-state index in [1.54, 1.807) is 0 Å². The first-order valence-electron chi connectivity index (χ1n) is 8.73. The molecule has 132 valence electrons. The van der Waals surface area contributed by atoms with Gasteiger partial charge in [-0.2, -0.15) is 13.2 Å². The highest BCUT2D eigenvalue weighted by atomic mass is 19.4. The second kappa shape index (κ2) is 15.6. The van der Waals surface area contributed by atoms with Gasteiger partial charge in [0.2, 0.25) is 0 Å². The average molecular weight is 328 g/mol. The van der Waals surface area contributed by atoms with Gasteiger partial charge in [0.05, 0.1) is 0 Å². The first-order valence-corrected chi connectivity index (χ1v) is 8.73. The van der Waals surface area contributed by atoms with E-state index in [0.717, 1.165) is 19.3 Å². The molecule has 0 aliphatic carbocycles. The van der Waals surface area contributed by atoms with E-state index in [4.69, 9.17) is 0 Å². The van der Waals surface area contributed by atoms with E-state index >= 15 is 0 Å². The monoisotopic (exact) mass is 328 g/mol. The third-order valence-electron chi connectivity index (χ3n) is 3.29. The van der Waals surface area contributed by atoms with Crippen LogP contribution in [-0.2, 0) is 0 Å². The molecule has 0 saturated heterocycles. The van der Waals surface area contributed by atoms with E-state index in [0.29, 0.717) is 6.42 Å². The second-order valence-corrected chi connectivity index (χ2v) is 5.60. The van der Waals surface area contributed by atoms with Crippen LogP contribution in [0.1, 0.15) is 71.1 Å². The summed E-state index contributed by atoms with van der Waals surface area (Å²) in [5, 5.41) is 0. The number of hydrogen-bond acceptors (Lipinski definition) is 0. The van der Waals surface area contributed by atoms with E-state index in [9.17, 15) is 13.2 Å². The second-order valence-electron chi connectivity index (χ2n) is 5.60. The van der Waals surface area contributed by atoms with Gasteiger partial charge in [-0.15, -0.1) is 0 Å². The van der Waals surface area contributed by atoms with Crippen molar-refractivity contribution in [2.45, 2.75) is 77.3 Å². The minimum Gasteiger partial charge on any atom is -0.171 e. The summed E-state index contributed by atoms with van der Waals surface area (Å²) in [5.74, 6) is 0. The van der Waals surface area contributed by atoms with Gasteiger partial charge in [0.15, 0.2) is 0 Å². The Bertz CT molecular complexity index is 360. The molecule has 0 nitrogen and oxygen atoms in total. The smallest absolute Gasteiger partial charge is 0.171 e. The lowest BCUT2D eigenvalue weighted by molar-refractivity contribution is -0.135. The van der Waals surface area contributed by atoms with Crippen LogP contribution < -0.4 is 0 Å². The number of rotatable bonds is 13. The molecule has 0 amide bonds. The Kier molecular flexibility index (Phi) is 14.8. The van der Waals surface area contributed by atoms with Crippen molar-refractivity contribution in [3.63, 3.8) is 0 Å². The van der Waals surface area contributed by atoms with Gasteiger partial charge in [-0.05, 0) is 44.9 Å². The van der Waals surface area contributed by atoms with Crippen molar-refractivity contribution in [3.8, 4) is 0 Å². The molecular formula is C20H31F3. The van der Waals surface area contributed by atoms with Gasteiger partial charge < -0.3 is 0 Å². The Morgan fingerprint density at radius 3 is 1.48 bits per heavy atom. The quantitative estimate of drug-likeness (QED) is 0.240. The molecule has 0 radical (unpaired) electrons. The summed E-state index contributed by atoms with van der Waals surface area (Å²) < 4.78 is 35.7. The highest BCUT2D eigenvalue weighted by Gasteiger charge is 2.25. The molecular weight excluding hydrogens is 297 g/mol. The Hall–Kier alpha value is -1.25. The zero-order valence-corrected chi connectivity index (χ0v) is 14.3. The average Bonchev–Trinajstić information content (AvgIpc) is 2.49. The molecule has 0 atom stereocenters. The maximum Gasteiger partial charge on any atom is 0.389 e. The number of halogens is 3. The van der Waals surface area contributed by atoms with Gasteiger partial charge >= 0.3 is 6.18 Å². The first kappa shape index (κ1) is 21.8. The highest BCUT2D eigenvalue weighted by molar-refractivity contribution is 4.99. The van der Waals surface area contributed by atoms with Crippen molar-refractivity contribution in [2.24, 2.45) is 0 Å². The van der Waals surface area contributed by atoms with Gasteiger partial charge in [-0.25, -0.2) is 0 Å². The third-order valence-corrected chi connectivity index (χ3v) is 3.29. The summed E-state index contributed by atoms with van der Waals surface area (Å²) in [6.07, 6.45) is 20.3. The van der Waals surface area contributed by atoms with Crippen molar-refractivity contribution in [3.05, 3.63) is 48.6 Å². The van der Waals surface area contributed by atoms with Crippen molar-refractivity contribution >= 4 is 0 Å². The van der Waals surface area contributed by atoms with Crippen LogP contribution >= 0.6 is 0 Å². The SMILES string of the molecule is CCCCC/C=C\C/C=C\C/C=C\C/C=C\CCCC(F)(F)F. The molecule has 0 aromatic carbocycles. The van der Waals surface area contributed by atoms with Crippen LogP contribution in [0.2, 0.25) is 0 Å². The molecule has 3 heteroatoms. The minimum absolute atomic E-state index is 0.179. The molecule has 0 unspecified atom stereocenters. The minimum atomic E-state index is -4.02. The highest BCUT2D eigenvalue weighted by Crippen LogP contribution is 2.22. The summed E-state index contributed by atoms with van der Waals surface area (Å²) in [7, 11) is 0. The molecule has 0 saturated carbocycles. The topological polar surface area (TPSA) is 0 Å². The Morgan fingerprint density at radius 1 is 0.609 bits per heavy atom. The van der Waals surface area contributed by atoms with E-state index < -0.39 is 12.6 Å². The molecule has 0 fully saturated rings. The Labute approximate surface area is 139 Å². The van der Waals surface area contributed by atoms with Gasteiger partial charge in [0, 0.05) is 6.42 Å². The van der Waals surface area contributed by atoms with Crippen LogP contribution in [0.5, 0.6) is 0 Å². The molecule has 23 heavy (non-hydrogen) atoms. The molecule has 0 rings (SSSR count). The van der Waals surface area contributed by atoms with Gasteiger partial charge in [-0.3, -0.25) is 0 Å². The summed E-state index contributed by atoms with van der Waals surface area (Å²) in [6.45, 7) is 2.21. The fraction of sp³-hybridized carbons (Fsp3) is 0.600. The number of hydrogen-bond donors (Lipinski definition) is 0. The number of alkyl halides is 3. The predicted molar refractivity (Wildman–Crippen MR) is 94.5 cm³/mol. The fourth-order valence-corrected chi connectivity index (χ4v) is 1.98. The van der Waals surface area contributed by atoms with Crippen molar-refractivity contribution in [1.82, 2.24) is 0 Å². The molecule has 0 aliphatic rings. The van der Waals surface area contributed by atoms with Gasteiger partial charge in [0.1, 0.15) is 0 Å². The van der Waals surface area contributed by atoms with E-state index in [1.165, 1.54) is 25.7 Å². The molecule has 0 aliphatic heterocycles. The number of allylic oxidation sites excluding steroid dienone is 8. The van der Waals surface area contributed by atoms with E-state index in [2.05, 4.69) is 37.3 Å². The lowest BCUT2D eigenvalue weighted by Gasteiger charge is -2.02. The lowest BCUT2D eigenvalue weighted by atomic mass is 10.2. The van der Waals surface area contributed by atoms with Gasteiger partial charge in [-0.1, -0.05) is 68.4 Å². The van der Waals surface area contributed by atoms with Crippen molar-refractivity contribution < 1.29 is 13.2 Å². The van der Waals surface area contributed by atoms with Crippen LogP contribution in [0.15, 0.2) is 48.6 Å². The molecule has 0 spiro atoms. The Balaban J connectivity index is 3.44. The first-order chi connectivity index (χ1) is 11.1. The predicted octanol–water partition coefficient (Wildman–Crippen LogP) is 7.69. The fourth-order valence-electron chi connectivity index (χ4n) is 1.98. The van der Waals surface area contributed by atoms with Gasteiger partial charge in [0.25, 0.3) is 0 Å². The summed E-state index contributed by atoms with van der Waals surface area (Å²) in [5.41, 5.74) is 0. The third kappa shape index (κ3) is 20.8. The largest absolute Gasteiger partial charge is 0.389 e. The summed E-state index contributed by atoms with van der Waals surface area (Å²) in [6, 6.07) is 0. The van der Waals surface area contributed by atoms with Crippen LogP contribution in [0.25, 0.3) is 0 Å². The zero-order valence-electron chi connectivity index (χ0n) is 14.3. The number of unbranched alkanes of at least 4 members (excludes halogenated alkanes) is 4. The molecule has 0 bridgehead atoms. The Morgan fingerprint density at radius 2 is 1.04 bits per heavy atom. The normalized spacial score (nSPS) is 13.4.